The largest absolute Gasteiger partial charge is 0.314 e. The molecule has 2 aliphatic rings. The molecule has 1 heteroatoms. The third-order valence-electron chi connectivity index (χ3n) is 5.12. The van der Waals surface area contributed by atoms with Crippen molar-refractivity contribution in [3.05, 3.63) is 35.9 Å². The van der Waals surface area contributed by atoms with Gasteiger partial charge in [0.1, 0.15) is 0 Å². The van der Waals surface area contributed by atoms with Gasteiger partial charge in [-0.05, 0) is 62.5 Å². The van der Waals surface area contributed by atoms with Crippen LogP contribution in [-0.2, 0) is 6.42 Å². The summed E-state index contributed by atoms with van der Waals surface area (Å²) < 4.78 is 0. The maximum Gasteiger partial charge on any atom is 0.00682 e. The summed E-state index contributed by atoms with van der Waals surface area (Å²) in [6.07, 6.45) is 12.7. The first-order chi connectivity index (χ1) is 9.36. The lowest BCUT2D eigenvalue weighted by atomic mass is 9.77. The van der Waals surface area contributed by atoms with Crippen LogP contribution in [0, 0.1) is 5.41 Å². The molecule has 1 N–H and O–H groups in total. The highest BCUT2D eigenvalue weighted by Gasteiger charge is 2.33. The number of aryl methyl sites for hydroxylation is 1. The zero-order chi connectivity index (χ0) is 13.0. The van der Waals surface area contributed by atoms with Gasteiger partial charge < -0.3 is 5.32 Å². The van der Waals surface area contributed by atoms with E-state index in [0.29, 0.717) is 5.41 Å². The standard InChI is InChI=1S/C18H27N/c1-2-6-16(7-3-1)10-13-18(11-4-5-12-18)14-15-19-17-8-9-17/h1-3,6-7,17,19H,4-5,8-15H2. The molecule has 3 rings (SSSR count). The van der Waals surface area contributed by atoms with E-state index in [-0.39, 0.29) is 0 Å². The van der Waals surface area contributed by atoms with E-state index in [9.17, 15) is 0 Å². The topological polar surface area (TPSA) is 12.0 Å². The van der Waals surface area contributed by atoms with E-state index in [4.69, 9.17) is 0 Å². The Labute approximate surface area is 117 Å². The summed E-state index contributed by atoms with van der Waals surface area (Å²) in [5.41, 5.74) is 2.17. The summed E-state index contributed by atoms with van der Waals surface area (Å²) in [4.78, 5) is 0. The predicted octanol–water partition coefficient (Wildman–Crippen LogP) is 4.32. The lowest BCUT2D eigenvalue weighted by molar-refractivity contribution is 0.245. The van der Waals surface area contributed by atoms with Gasteiger partial charge in [0.25, 0.3) is 0 Å². The number of hydrogen-bond donors (Lipinski definition) is 1. The van der Waals surface area contributed by atoms with Crippen molar-refractivity contribution in [2.24, 2.45) is 5.41 Å². The predicted molar refractivity (Wildman–Crippen MR) is 81.3 cm³/mol. The third-order valence-corrected chi connectivity index (χ3v) is 5.12. The fourth-order valence-corrected chi connectivity index (χ4v) is 3.63. The zero-order valence-electron chi connectivity index (χ0n) is 12.0. The average molecular weight is 257 g/mol. The van der Waals surface area contributed by atoms with Crippen LogP contribution in [0.4, 0.5) is 0 Å². The maximum atomic E-state index is 3.71. The van der Waals surface area contributed by atoms with Gasteiger partial charge in [-0.25, -0.2) is 0 Å². The number of hydrogen-bond acceptors (Lipinski definition) is 1. The van der Waals surface area contributed by atoms with Gasteiger partial charge >= 0.3 is 0 Å². The second-order valence-electron chi connectivity index (χ2n) is 6.67. The normalized spacial score (nSPS) is 21.7. The molecule has 1 aromatic rings. The van der Waals surface area contributed by atoms with Gasteiger partial charge in [-0.15, -0.1) is 0 Å². The van der Waals surface area contributed by atoms with Crippen LogP contribution < -0.4 is 5.32 Å². The van der Waals surface area contributed by atoms with Gasteiger partial charge in [0.05, 0.1) is 0 Å². The van der Waals surface area contributed by atoms with E-state index in [1.54, 1.807) is 0 Å². The molecular weight excluding hydrogens is 230 g/mol. The zero-order valence-corrected chi connectivity index (χ0v) is 12.0. The summed E-state index contributed by atoms with van der Waals surface area (Å²) in [5.74, 6) is 0. The van der Waals surface area contributed by atoms with Gasteiger partial charge in [0.15, 0.2) is 0 Å². The molecule has 0 spiro atoms. The van der Waals surface area contributed by atoms with Crippen molar-refractivity contribution in [3.8, 4) is 0 Å². The molecule has 2 fully saturated rings. The highest BCUT2D eigenvalue weighted by Crippen LogP contribution is 2.44. The molecule has 0 bridgehead atoms. The fourth-order valence-electron chi connectivity index (χ4n) is 3.63. The Morgan fingerprint density at radius 2 is 1.74 bits per heavy atom. The molecule has 0 aromatic heterocycles. The Bertz CT molecular complexity index is 374. The Morgan fingerprint density at radius 3 is 2.42 bits per heavy atom. The molecule has 0 saturated heterocycles. The second-order valence-corrected chi connectivity index (χ2v) is 6.67. The first-order valence-corrected chi connectivity index (χ1v) is 8.14. The molecular formula is C18H27N. The first kappa shape index (κ1) is 13.2. The van der Waals surface area contributed by atoms with E-state index in [1.165, 1.54) is 69.9 Å². The lowest BCUT2D eigenvalue weighted by Crippen LogP contribution is -2.26. The summed E-state index contributed by atoms with van der Waals surface area (Å²) in [7, 11) is 0. The van der Waals surface area contributed by atoms with Crippen LogP contribution in [0.1, 0.15) is 56.9 Å². The van der Waals surface area contributed by atoms with Gasteiger partial charge in [0.2, 0.25) is 0 Å². The van der Waals surface area contributed by atoms with Crippen LogP contribution in [0.3, 0.4) is 0 Å². The van der Waals surface area contributed by atoms with E-state index < -0.39 is 0 Å². The van der Waals surface area contributed by atoms with E-state index in [1.807, 2.05) is 0 Å². The molecule has 1 nitrogen and oxygen atoms in total. The molecule has 0 radical (unpaired) electrons. The number of benzene rings is 1. The van der Waals surface area contributed by atoms with Crippen LogP contribution >= 0.6 is 0 Å². The van der Waals surface area contributed by atoms with Gasteiger partial charge in [-0.1, -0.05) is 43.2 Å². The first-order valence-electron chi connectivity index (χ1n) is 8.14. The monoisotopic (exact) mass is 257 g/mol. The van der Waals surface area contributed by atoms with E-state index >= 15 is 0 Å². The SMILES string of the molecule is c1ccc(CCC2(CCNC3CC3)CCCC2)cc1. The highest BCUT2D eigenvalue weighted by molar-refractivity contribution is 5.15. The van der Waals surface area contributed by atoms with Crippen molar-refractivity contribution in [1.82, 2.24) is 5.32 Å². The second kappa shape index (κ2) is 6.09. The summed E-state index contributed by atoms with van der Waals surface area (Å²) in [6.45, 7) is 1.25. The number of nitrogens with one attached hydrogen (secondary N) is 1. The van der Waals surface area contributed by atoms with Crippen molar-refractivity contribution in [2.75, 3.05) is 6.54 Å². The maximum absolute atomic E-state index is 3.71. The van der Waals surface area contributed by atoms with Crippen LogP contribution in [0.15, 0.2) is 30.3 Å². The Morgan fingerprint density at radius 1 is 1.00 bits per heavy atom. The molecule has 2 aliphatic carbocycles. The fraction of sp³-hybridized carbons (Fsp3) is 0.667. The summed E-state index contributed by atoms with van der Waals surface area (Å²) >= 11 is 0. The molecule has 19 heavy (non-hydrogen) atoms. The molecule has 0 amide bonds. The Balaban J connectivity index is 1.50. The van der Waals surface area contributed by atoms with Crippen molar-refractivity contribution in [3.63, 3.8) is 0 Å². The molecule has 0 aliphatic heterocycles. The molecule has 0 atom stereocenters. The summed E-state index contributed by atoms with van der Waals surface area (Å²) in [5, 5.41) is 3.71. The van der Waals surface area contributed by atoms with Gasteiger partial charge in [-0.3, -0.25) is 0 Å². The minimum absolute atomic E-state index is 0.651. The van der Waals surface area contributed by atoms with Gasteiger partial charge in [-0.2, -0.15) is 0 Å². The smallest absolute Gasteiger partial charge is 0.00682 e. The Kier molecular flexibility index (Phi) is 4.22. The summed E-state index contributed by atoms with van der Waals surface area (Å²) in [6, 6.07) is 11.9. The minimum atomic E-state index is 0.651. The van der Waals surface area contributed by atoms with Crippen LogP contribution in [0.5, 0.6) is 0 Å². The van der Waals surface area contributed by atoms with Crippen LogP contribution in [0.25, 0.3) is 0 Å². The number of rotatable bonds is 7. The quantitative estimate of drug-likeness (QED) is 0.767. The lowest BCUT2D eigenvalue weighted by Gasteiger charge is -2.29. The molecule has 0 heterocycles. The van der Waals surface area contributed by atoms with E-state index in [2.05, 4.69) is 35.6 Å². The van der Waals surface area contributed by atoms with Gasteiger partial charge in [0, 0.05) is 6.04 Å². The molecule has 104 valence electrons. The third kappa shape index (κ3) is 3.82. The minimum Gasteiger partial charge on any atom is -0.314 e. The molecule has 0 unspecified atom stereocenters. The molecule has 2 saturated carbocycles. The Hall–Kier alpha value is -0.820. The average Bonchev–Trinajstić information content (AvgIpc) is 3.16. The van der Waals surface area contributed by atoms with Crippen molar-refractivity contribution < 1.29 is 0 Å². The van der Waals surface area contributed by atoms with Crippen molar-refractivity contribution in [2.45, 2.75) is 63.8 Å². The molecule has 1 aromatic carbocycles. The van der Waals surface area contributed by atoms with Crippen molar-refractivity contribution >= 4 is 0 Å². The van der Waals surface area contributed by atoms with E-state index in [0.717, 1.165) is 6.04 Å². The van der Waals surface area contributed by atoms with Crippen LogP contribution in [0.2, 0.25) is 0 Å². The van der Waals surface area contributed by atoms with Crippen molar-refractivity contribution in [1.29, 1.82) is 0 Å². The van der Waals surface area contributed by atoms with Crippen LogP contribution in [-0.4, -0.2) is 12.6 Å². The highest BCUT2D eigenvalue weighted by atomic mass is 14.9.